The Labute approximate surface area is 121 Å². The first kappa shape index (κ1) is 14.5. The SMILES string of the molecule is O=C(CNCc1cccc(F)c1)Nc1ccc(Cl)cc1. The minimum atomic E-state index is -0.282. The first-order valence-electron chi connectivity index (χ1n) is 6.14. The Hall–Kier alpha value is -1.91. The smallest absolute Gasteiger partial charge is 0.238 e. The van der Waals surface area contributed by atoms with Crippen molar-refractivity contribution in [3.8, 4) is 0 Å². The van der Waals surface area contributed by atoms with Crippen LogP contribution in [0.2, 0.25) is 5.02 Å². The molecule has 0 saturated carbocycles. The molecule has 2 aromatic rings. The van der Waals surface area contributed by atoms with Crippen LogP contribution in [0.15, 0.2) is 48.5 Å². The highest BCUT2D eigenvalue weighted by molar-refractivity contribution is 6.30. The van der Waals surface area contributed by atoms with Crippen molar-refractivity contribution in [2.45, 2.75) is 6.54 Å². The normalized spacial score (nSPS) is 10.3. The molecule has 0 aliphatic heterocycles. The number of benzene rings is 2. The number of hydrogen-bond donors (Lipinski definition) is 2. The van der Waals surface area contributed by atoms with Crippen molar-refractivity contribution in [3.63, 3.8) is 0 Å². The number of carbonyl (C=O) groups excluding carboxylic acids is 1. The quantitative estimate of drug-likeness (QED) is 0.888. The van der Waals surface area contributed by atoms with Crippen molar-refractivity contribution in [3.05, 3.63) is 64.9 Å². The van der Waals surface area contributed by atoms with Gasteiger partial charge in [-0.3, -0.25) is 4.79 Å². The van der Waals surface area contributed by atoms with Gasteiger partial charge in [-0.2, -0.15) is 0 Å². The second-order valence-corrected chi connectivity index (χ2v) is 4.72. The summed E-state index contributed by atoms with van der Waals surface area (Å²) in [5.74, 6) is -0.446. The fourth-order valence-electron chi connectivity index (χ4n) is 1.71. The van der Waals surface area contributed by atoms with E-state index in [0.717, 1.165) is 5.56 Å². The largest absolute Gasteiger partial charge is 0.325 e. The standard InChI is InChI=1S/C15H14ClFN2O/c16-12-4-6-14(7-5-12)19-15(20)10-18-9-11-2-1-3-13(17)8-11/h1-8,18H,9-10H2,(H,19,20). The first-order valence-corrected chi connectivity index (χ1v) is 6.52. The van der Waals surface area contributed by atoms with Gasteiger partial charge in [-0.1, -0.05) is 23.7 Å². The third kappa shape index (κ3) is 4.64. The van der Waals surface area contributed by atoms with Gasteiger partial charge in [0.05, 0.1) is 6.54 Å². The Morgan fingerprint density at radius 1 is 1.15 bits per heavy atom. The van der Waals surface area contributed by atoms with Crippen LogP contribution in [-0.4, -0.2) is 12.5 Å². The second kappa shape index (κ2) is 7.03. The summed E-state index contributed by atoms with van der Waals surface area (Å²) in [6.07, 6.45) is 0. The van der Waals surface area contributed by atoms with E-state index >= 15 is 0 Å². The highest BCUT2D eigenvalue weighted by Crippen LogP contribution is 2.13. The minimum Gasteiger partial charge on any atom is -0.325 e. The van der Waals surface area contributed by atoms with Crippen LogP contribution in [0.5, 0.6) is 0 Å². The number of amides is 1. The Kier molecular flexibility index (Phi) is 5.09. The first-order chi connectivity index (χ1) is 9.63. The Balaban J connectivity index is 1.76. The molecule has 0 saturated heterocycles. The van der Waals surface area contributed by atoms with E-state index in [9.17, 15) is 9.18 Å². The van der Waals surface area contributed by atoms with Gasteiger partial charge in [0, 0.05) is 17.3 Å². The summed E-state index contributed by atoms with van der Waals surface area (Å²) in [4.78, 5) is 11.7. The monoisotopic (exact) mass is 292 g/mol. The Bertz CT molecular complexity index is 587. The summed E-state index contributed by atoms with van der Waals surface area (Å²) in [5.41, 5.74) is 1.48. The average molecular weight is 293 g/mol. The van der Waals surface area contributed by atoms with Crippen LogP contribution in [0.4, 0.5) is 10.1 Å². The van der Waals surface area contributed by atoms with Crippen LogP contribution in [0, 0.1) is 5.82 Å². The van der Waals surface area contributed by atoms with Crippen LogP contribution < -0.4 is 10.6 Å². The molecule has 2 aromatic carbocycles. The summed E-state index contributed by atoms with van der Waals surface area (Å²) in [6, 6.07) is 13.1. The zero-order valence-electron chi connectivity index (χ0n) is 10.7. The molecule has 104 valence electrons. The van der Waals surface area contributed by atoms with Crippen molar-refractivity contribution >= 4 is 23.2 Å². The van der Waals surface area contributed by atoms with Gasteiger partial charge in [-0.05, 0) is 42.0 Å². The van der Waals surface area contributed by atoms with E-state index in [1.807, 2.05) is 0 Å². The van der Waals surface area contributed by atoms with Crippen LogP contribution in [0.1, 0.15) is 5.56 Å². The van der Waals surface area contributed by atoms with Gasteiger partial charge < -0.3 is 10.6 Å². The van der Waals surface area contributed by atoms with Crippen LogP contribution in [-0.2, 0) is 11.3 Å². The second-order valence-electron chi connectivity index (χ2n) is 4.29. The highest BCUT2D eigenvalue weighted by Gasteiger charge is 2.02. The molecule has 1 amide bonds. The Morgan fingerprint density at radius 3 is 2.60 bits per heavy atom. The van der Waals surface area contributed by atoms with Crippen molar-refractivity contribution in [1.29, 1.82) is 0 Å². The van der Waals surface area contributed by atoms with E-state index in [2.05, 4.69) is 10.6 Å². The summed E-state index contributed by atoms with van der Waals surface area (Å²) in [6.45, 7) is 0.588. The maximum atomic E-state index is 13.0. The van der Waals surface area contributed by atoms with Gasteiger partial charge in [0.25, 0.3) is 0 Å². The highest BCUT2D eigenvalue weighted by atomic mass is 35.5. The van der Waals surface area contributed by atoms with E-state index in [1.54, 1.807) is 36.4 Å². The number of carbonyl (C=O) groups is 1. The minimum absolute atomic E-state index is 0.152. The van der Waals surface area contributed by atoms with Crippen molar-refractivity contribution in [2.24, 2.45) is 0 Å². The third-order valence-electron chi connectivity index (χ3n) is 2.63. The topological polar surface area (TPSA) is 41.1 Å². The zero-order chi connectivity index (χ0) is 14.4. The fraction of sp³-hybridized carbons (Fsp3) is 0.133. The molecule has 0 heterocycles. The lowest BCUT2D eigenvalue weighted by molar-refractivity contribution is -0.115. The van der Waals surface area contributed by atoms with Gasteiger partial charge in [-0.15, -0.1) is 0 Å². The molecule has 0 fully saturated rings. The van der Waals surface area contributed by atoms with E-state index < -0.39 is 0 Å². The summed E-state index contributed by atoms with van der Waals surface area (Å²) < 4.78 is 13.0. The molecule has 0 radical (unpaired) electrons. The lowest BCUT2D eigenvalue weighted by Crippen LogP contribution is -2.27. The number of hydrogen-bond acceptors (Lipinski definition) is 2. The van der Waals surface area contributed by atoms with Crippen LogP contribution in [0.25, 0.3) is 0 Å². The van der Waals surface area contributed by atoms with E-state index in [-0.39, 0.29) is 18.3 Å². The molecule has 0 bridgehead atoms. The average Bonchev–Trinajstić information content (AvgIpc) is 2.41. The maximum Gasteiger partial charge on any atom is 0.238 e. The lowest BCUT2D eigenvalue weighted by Gasteiger charge is -2.07. The molecule has 0 spiro atoms. The summed E-state index contributed by atoms with van der Waals surface area (Å²) >= 11 is 5.76. The number of rotatable bonds is 5. The molecule has 20 heavy (non-hydrogen) atoms. The molecule has 2 rings (SSSR count). The van der Waals surface area contributed by atoms with Gasteiger partial charge >= 0.3 is 0 Å². The Morgan fingerprint density at radius 2 is 1.90 bits per heavy atom. The molecule has 0 atom stereocenters. The fourth-order valence-corrected chi connectivity index (χ4v) is 1.83. The molecule has 0 aliphatic rings. The van der Waals surface area contributed by atoms with E-state index in [4.69, 9.17) is 11.6 Å². The number of halogens is 2. The van der Waals surface area contributed by atoms with Crippen LogP contribution >= 0.6 is 11.6 Å². The molecule has 0 unspecified atom stereocenters. The van der Waals surface area contributed by atoms with Crippen molar-refractivity contribution in [2.75, 3.05) is 11.9 Å². The predicted octanol–water partition coefficient (Wildman–Crippen LogP) is 3.21. The lowest BCUT2D eigenvalue weighted by atomic mass is 10.2. The van der Waals surface area contributed by atoms with E-state index in [1.165, 1.54) is 12.1 Å². The van der Waals surface area contributed by atoms with E-state index in [0.29, 0.717) is 17.3 Å². The van der Waals surface area contributed by atoms with Crippen molar-refractivity contribution < 1.29 is 9.18 Å². The third-order valence-corrected chi connectivity index (χ3v) is 2.88. The zero-order valence-corrected chi connectivity index (χ0v) is 11.5. The molecular formula is C15H14ClFN2O. The molecule has 3 nitrogen and oxygen atoms in total. The predicted molar refractivity (Wildman–Crippen MR) is 78.2 cm³/mol. The van der Waals surface area contributed by atoms with Gasteiger partial charge in [0.1, 0.15) is 5.82 Å². The molecule has 5 heteroatoms. The van der Waals surface area contributed by atoms with Gasteiger partial charge in [0.15, 0.2) is 0 Å². The summed E-state index contributed by atoms with van der Waals surface area (Å²) in [7, 11) is 0. The molecular weight excluding hydrogens is 279 g/mol. The molecule has 0 aliphatic carbocycles. The maximum absolute atomic E-state index is 13.0. The van der Waals surface area contributed by atoms with Crippen LogP contribution in [0.3, 0.4) is 0 Å². The summed E-state index contributed by atoms with van der Waals surface area (Å²) in [5, 5.41) is 6.31. The molecule has 2 N–H and O–H groups in total. The van der Waals surface area contributed by atoms with Crippen molar-refractivity contribution in [1.82, 2.24) is 5.32 Å². The molecule has 0 aromatic heterocycles. The number of anilines is 1. The number of nitrogens with one attached hydrogen (secondary N) is 2. The van der Waals surface area contributed by atoms with Gasteiger partial charge in [0.2, 0.25) is 5.91 Å². The van der Waals surface area contributed by atoms with Gasteiger partial charge in [-0.25, -0.2) is 4.39 Å².